The highest BCUT2D eigenvalue weighted by Crippen LogP contribution is 2.22. The van der Waals surface area contributed by atoms with Gasteiger partial charge in [0.1, 0.15) is 11.3 Å². The number of hydrogen-bond acceptors (Lipinski definition) is 2. The van der Waals surface area contributed by atoms with E-state index in [1.54, 1.807) is 17.6 Å². The van der Waals surface area contributed by atoms with E-state index in [1.165, 1.54) is 6.07 Å². The highest BCUT2D eigenvalue weighted by Gasteiger charge is 2.16. The zero-order chi connectivity index (χ0) is 16.0. The van der Waals surface area contributed by atoms with Crippen LogP contribution < -0.4 is 5.56 Å². The maximum Gasteiger partial charge on any atom is 0.266 e. The van der Waals surface area contributed by atoms with Gasteiger partial charge in [0.25, 0.3) is 5.56 Å². The van der Waals surface area contributed by atoms with Crippen molar-refractivity contribution < 1.29 is 4.39 Å². The Hall–Kier alpha value is -1.76. The van der Waals surface area contributed by atoms with Gasteiger partial charge in [-0.15, -0.1) is 0 Å². The van der Waals surface area contributed by atoms with E-state index in [4.69, 9.17) is 0 Å². The Morgan fingerprint density at radius 1 is 1.14 bits per heavy atom. The molecular weight excluding hydrogens is 394 g/mol. The molecule has 0 bridgehead atoms. The van der Waals surface area contributed by atoms with Crippen LogP contribution >= 0.6 is 22.6 Å². The normalized spacial score (nSPS) is 11.1. The van der Waals surface area contributed by atoms with E-state index in [2.05, 4.69) is 4.98 Å². The van der Waals surface area contributed by atoms with Crippen molar-refractivity contribution in [2.24, 2.45) is 0 Å². The van der Waals surface area contributed by atoms with E-state index in [0.717, 1.165) is 16.8 Å². The molecule has 0 spiro atoms. The van der Waals surface area contributed by atoms with E-state index in [1.807, 2.05) is 54.6 Å². The van der Waals surface area contributed by atoms with Gasteiger partial charge in [0, 0.05) is 3.57 Å². The van der Waals surface area contributed by atoms with Crippen LogP contribution in [0.4, 0.5) is 4.39 Å². The fourth-order valence-corrected chi connectivity index (χ4v) is 3.33. The summed E-state index contributed by atoms with van der Waals surface area (Å²) in [7, 11) is 0. The monoisotopic (exact) mass is 408 g/mol. The highest BCUT2D eigenvalue weighted by molar-refractivity contribution is 14.1. The fraction of sp³-hybridized carbons (Fsp3) is 0.176. The molecule has 3 rings (SSSR count). The molecular formula is C17H14FIN2O. The van der Waals surface area contributed by atoms with Crippen LogP contribution in [0.5, 0.6) is 0 Å². The highest BCUT2D eigenvalue weighted by atomic mass is 127. The Labute approximate surface area is 141 Å². The minimum absolute atomic E-state index is 0.130. The van der Waals surface area contributed by atoms with E-state index in [0.29, 0.717) is 14.8 Å². The van der Waals surface area contributed by atoms with Crippen molar-refractivity contribution in [2.75, 3.05) is 0 Å². The minimum Gasteiger partial charge on any atom is -0.268 e. The van der Waals surface area contributed by atoms with Gasteiger partial charge >= 0.3 is 0 Å². The maximum absolute atomic E-state index is 14.1. The molecule has 0 aliphatic rings. The van der Waals surface area contributed by atoms with Crippen molar-refractivity contribution in [1.29, 1.82) is 0 Å². The average Bonchev–Trinajstić information content (AvgIpc) is 2.43. The molecule has 22 heavy (non-hydrogen) atoms. The molecule has 3 aromatic rings. The van der Waals surface area contributed by atoms with Gasteiger partial charge in [-0.05, 0) is 66.6 Å². The predicted octanol–water partition coefficient (Wildman–Crippen LogP) is 4.05. The van der Waals surface area contributed by atoms with Gasteiger partial charge in [0.05, 0.1) is 11.1 Å². The zero-order valence-corrected chi connectivity index (χ0v) is 14.6. The first-order valence-electron chi connectivity index (χ1n) is 6.85. The molecule has 0 fully saturated rings. The van der Waals surface area contributed by atoms with Crippen molar-refractivity contribution in [3.63, 3.8) is 0 Å². The van der Waals surface area contributed by atoms with Crippen molar-refractivity contribution in [1.82, 2.24) is 9.55 Å². The lowest BCUT2D eigenvalue weighted by atomic mass is 10.1. The molecule has 0 saturated carbocycles. The standard InChI is InChI=1S/C17H14FIN2O/c1-9-5-4-6-10(2)16(9)21-11(3)20-15-13(17(21)22)7-12(19)8-14(15)18/h4-8H,1-3H3. The maximum atomic E-state index is 14.1. The van der Waals surface area contributed by atoms with Gasteiger partial charge in [-0.2, -0.15) is 0 Å². The van der Waals surface area contributed by atoms with Crippen LogP contribution in [0.2, 0.25) is 0 Å². The molecule has 0 atom stereocenters. The van der Waals surface area contributed by atoms with Crippen LogP contribution in [0, 0.1) is 30.2 Å². The van der Waals surface area contributed by atoms with Gasteiger partial charge in [-0.25, -0.2) is 9.37 Å². The van der Waals surface area contributed by atoms with Crippen molar-refractivity contribution in [3.05, 3.63) is 67.0 Å². The molecule has 0 radical (unpaired) electrons. The molecule has 1 aromatic heterocycles. The van der Waals surface area contributed by atoms with Gasteiger partial charge in [0.15, 0.2) is 5.82 Å². The van der Waals surface area contributed by atoms with Crippen molar-refractivity contribution in [3.8, 4) is 5.69 Å². The van der Waals surface area contributed by atoms with Crippen LogP contribution in [0.25, 0.3) is 16.6 Å². The summed E-state index contributed by atoms with van der Waals surface area (Å²) in [6.07, 6.45) is 0. The second kappa shape index (κ2) is 5.46. The summed E-state index contributed by atoms with van der Waals surface area (Å²) in [6, 6.07) is 8.92. The van der Waals surface area contributed by atoms with Gasteiger partial charge in [0.2, 0.25) is 0 Å². The Balaban J connectivity index is 2.49. The Morgan fingerprint density at radius 3 is 2.41 bits per heavy atom. The number of fused-ring (bicyclic) bond motifs is 1. The summed E-state index contributed by atoms with van der Waals surface area (Å²) in [6.45, 7) is 5.63. The fourth-order valence-electron chi connectivity index (χ4n) is 2.74. The average molecular weight is 408 g/mol. The van der Waals surface area contributed by atoms with E-state index < -0.39 is 5.82 Å². The third-order valence-electron chi connectivity index (χ3n) is 3.72. The summed E-state index contributed by atoms with van der Waals surface area (Å²) in [4.78, 5) is 17.2. The van der Waals surface area contributed by atoms with Crippen LogP contribution in [0.1, 0.15) is 17.0 Å². The first-order chi connectivity index (χ1) is 10.4. The molecule has 0 N–H and O–H groups in total. The van der Waals surface area contributed by atoms with Gasteiger partial charge in [-0.1, -0.05) is 18.2 Å². The lowest BCUT2D eigenvalue weighted by Gasteiger charge is -2.16. The second-order valence-electron chi connectivity index (χ2n) is 5.32. The first-order valence-corrected chi connectivity index (χ1v) is 7.93. The van der Waals surface area contributed by atoms with Gasteiger partial charge in [-0.3, -0.25) is 9.36 Å². The molecule has 0 aliphatic heterocycles. The SMILES string of the molecule is Cc1cccc(C)c1-n1c(C)nc2c(F)cc(I)cc2c1=O. The Bertz CT molecular complexity index is 943. The van der Waals surface area contributed by atoms with Gasteiger partial charge < -0.3 is 0 Å². The lowest BCUT2D eigenvalue weighted by molar-refractivity contribution is 0.634. The quantitative estimate of drug-likeness (QED) is 0.570. The predicted molar refractivity (Wildman–Crippen MR) is 94.2 cm³/mol. The molecule has 112 valence electrons. The van der Waals surface area contributed by atoms with E-state index in [9.17, 15) is 9.18 Å². The smallest absolute Gasteiger partial charge is 0.266 e. The summed E-state index contributed by atoms with van der Waals surface area (Å²) >= 11 is 2.00. The number of halogens is 2. The molecule has 5 heteroatoms. The first kappa shape index (κ1) is 15.1. The molecule has 0 unspecified atom stereocenters. The Morgan fingerprint density at radius 2 is 1.77 bits per heavy atom. The molecule has 3 nitrogen and oxygen atoms in total. The van der Waals surface area contributed by atoms with Crippen LogP contribution in [-0.4, -0.2) is 9.55 Å². The number of aryl methyl sites for hydroxylation is 3. The molecule has 1 heterocycles. The Kier molecular flexibility index (Phi) is 3.76. The summed E-state index contributed by atoms with van der Waals surface area (Å²) in [5.41, 5.74) is 2.68. The summed E-state index contributed by atoms with van der Waals surface area (Å²) < 4.78 is 16.3. The van der Waals surface area contributed by atoms with Crippen LogP contribution in [0.3, 0.4) is 0 Å². The number of aromatic nitrogens is 2. The zero-order valence-electron chi connectivity index (χ0n) is 12.4. The van der Waals surface area contributed by atoms with Crippen LogP contribution in [-0.2, 0) is 0 Å². The van der Waals surface area contributed by atoms with Crippen molar-refractivity contribution in [2.45, 2.75) is 20.8 Å². The number of hydrogen-bond donors (Lipinski definition) is 0. The number of para-hydroxylation sites is 1. The number of nitrogens with zero attached hydrogens (tertiary/aromatic N) is 2. The molecule has 0 saturated heterocycles. The van der Waals surface area contributed by atoms with E-state index in [-0.39, 0.29) is 11.1 Å². The van der Waals surface area contributed by atoms with Crippen molar-refractivity contribution >= 4 is 33.5 Å². The van der Waals surface area contributed by atoms with Crippen LogP contribution in [0.15, 0.2) is 35.1 Å². The topological polar surface area (TPSA) is 34.9 Å². The minimum atomic E-state index is -0.462. The number of rotatable bonds is 1. The molecule has 2 aromatic carbocycles. The summed E-state index contributed by atoms with van der Waals surface area (Å²) in [5, 5.41) is 0.303. The third kappa shape index (κ3) is 2.33. The number of benzene rings is 2. The largest absolute Gasteiger partial charge is 0.268 e. The summed E-state index contributed by atoms with van der Waals surface area (Å²) in [5.74, 6) is 0.0192. The molecule has 0 aliphatic carbocycles. The molecule has 0 amide bonds. The van der Waals surface area contributed by atoms with E-state index >= 15 is 0 Å². The lowest BCUT2D eigenvalue weighted by Crippen LogP contribution is -2.24. The third-order valence-corrected chi connectivity index (χ3v) is 4.34. The second-order valence-corrected chi connectivity index (χ2v) is 6.57.